The number of carboxylic acid groups (broad SMARTS) is 1. The predicted octanol–water partition coefficient (Wildman–Crippen LogP) is 4.34. The summed E-state index contributed by atoms with van der Waals surface area (Å²) in [6, 6.07) is 20.5. The Morgan fingerprint density at radius 2 is 1.41 bits per heavy atom. The summed E-state index contributed by atoms with van der Waals surface area (Å²) in [5.74, 6) is -2.02. The zero-order valence-electron chi connectivity index (χ0n) is 14.0. The Bertz CT molecular complexity index is 1040. The van der Waals surface area contributed by atoms with E-state index in [0.29, 0.717) is 16.0 Å². The Kier molecular flexibility index (Phi) is 4.25. The van der Waals surface area contributed by atoms with E-state index in [4.69, 9.17) is 0 Å². The van der Waals surface area contributed by atoms with Gasteiger partial charge in [0.1, 0.15) is 0 Å². The molecule has 132 valence electrons. The van der Waals surface area contributed by atoms with Crippen LogP contribution >= 0.6 is 11.8 Å². The van der Waals surface area contributed by atoms with Crippen molar-refractivity contribution in [1.29, 1.82) is 0 Å². The number of aromatic carboxylic acids is 1. The van der Waals surface area contributed by atoms with E-state index in [1.165, 1.54) is 17.8 Å². The highest BCUT2D eigenvalue weighted by atomic mass is 32.2. The third-order valence-corrected chi connectivity index (χ3v) is 5.30. The standard InChI is InChI=1S/C21H13NO4S/c23-19-15-8-4-5-9-16(15)20(24)22(19)13-10-11-18(17(12-13)21(25)26)27-14-6-2-1-3-7-14/h1-12H,(H,25,26). The second-order valence-electron chi connectivity index (χ2n) is 5.89. The van der Waals surface area contributed by atoms with Gasteiger partial charge in [0, 0.05) is 9.79 Å². The lowest BCUT2D eigenvalue weighted by Gasteiger charge is -2.16. The molecule has 3 aromatic carbocycles. The van der Waals surface area contributed by atoms with Crippen LogP contribution < -0.4 is 4.90 Å². The van der Waals surface area contributed by atoms with Gasteiger partial charge in [0.05, 0.1) is 22.4 Å². The number of fused-ring (bicyclic) bond motifs is 1. The van der Waals surface area contributed by atoms with E-state index in [-0.39, 0.29) is 11.3 Å². The van der Waals surface area contributed by atoms with Crippen LogP contribution in [0.15, 0.2) is 82.6 Å². The minimum atomic E-state index is -1.12. The van der Waals surface area contributed by atoms with Gasteiger partial charge < -0.3 is 5.11 Å². The average Bonchev–Trinajstić information content (AvgIpc) is 2.94. The minimum Gasteiger partial charge on any atom is -0.478 e. The Hall–Kier alpha value is -3.38. The van der Waals surface area contributed by atoms with E-state index in [1.807, 2.05) is 30.3 Å². The smallest absolute Gasteiger partial charge is 0.336 e. The summed E-state index contributed by atoms with van der Waals surface area (Å²) >= 11 is 1.31. The normalized spacial score (nSPS) is 13.0. The fourth-order valence-electron chi connectivity index (χ4n) is 2.95. The summed E-state index contributed by atoms with van der Waals surface area (Å²) < 4.78 is 0. The lowest BCUT2D eigenvalue weighted by atomic mass is 10.1. The van der Waals surface area contributed by atoms with Gasteiger partial charge in [-0.1, -0.05) is 42.1 Å². The molecule has 0 fully saturated rings. The van der Waals surface area contributed by atoms with Gasteiger partial charge in [0.25, 0.3) is 11.8 Å². The van der Waals surface area contributed by atoms with Gasteiger partial charge in [-0.2, -0.15) is 0 Å². The number of amides is 2. The number of hydrogen-bond donors (Lipinski definition) is 1. The van der Waals surface area contributed by atoms with Crippen LogP contribution in [0.1, 0.15) is 31.1 Å². The number of hydrogen-bond acceptors (Lipinski definition) is 4. The second kappa shape index (κ2) is 6.74. The summed E-state index contributed by atoms with van der Waals surface area (Å²) in [5, 5.41) is 9.61. The van der Waals surface area contributed by atoms with E-state index in [0.717, 1.165) is 9.80 Å². The molecule has 27 heavy (non-hydrogen) atoms. The Morgan fingerprint density at radius 1 is 0.815 bits per heavy atom. The number of benzene rings is 3. The largest absolute Gasteiger partial charge is 0.478 e. The van der Waals surface area contributed by atoms with E-state index in [2.05, 4.69) is 0 Å². The van der Waals surface area contributed by atoms with Gasteiger partial charge in [-0.25, -0.2) is 9.69 Å². The second-order valence-corrected chi connectivity index (χ2v) is 7.01. The minimum absolute atomic E-state index is 0.0397. The molecule has 6 heteroatoms. The summed E-state index contributed by atoms with van der Waals surface area (Å²) in [6.45, 7) is 0. The molecule has 1 heterocycles. The molecule has 0 atom stereocenters. The molecule has 0 bridgehead atoms. The number of rotatable bonds is 4. The maximum atomic E-state index is 12.6. The summed E-state index contributed by atoms with van der Waals surface area (Å²) in [4.78, 5) is 39.4. The van der Waals surface area contributed by atoms with Crippen LogP contribution in [0.2, 0.25) is 0 Å². The third-order valence-electron chi connectivity index (χ3n) is 4.22. The zero-order chi connectivity index (χ0) is 19.0. The van der Waals surface area contributed by atoms with Crippen molar-refractivity contribution in [2.75, 3.05) is 4.90 Å². The molecule has 0 spiro atoms. The van der Waals surface area contributed by atoms with Crippen LogP contribution in [0.4, 0.5) is 5.69 Å². The number of imide groups is 1. The van der Waals surface area contributed by atoms with Gasteiger partial charge in [-0.3, -0.25) is 9.59 Å². The molecule has 0 saturated carbocycles. The molecule has 1 aliphatic heterocycles. The van der Waals surface area contributed by atoms with Crippen molar-refractivity contribution in [3.05, 3.63) is 89.5 Å². The SMILES string of the molecule is O=C(O)c1cc(N2C(=O)c3ccccc3C2=O)ccc1Sc1ccccc1. The van der Waals surface area contributed by atoms with Crippen molar-refractivity contribution in [3.8, 4) is 0 Å². The molecule has 5 nitrogen and oxygen atoms in total. The molecule has 2 amide bonds. The first-order chi connectivity index (χ1) is 13.1. The molecular formula is C21H13NO4S. The van der Waals surface area contributed by atoms with Crippen LogP contribution in [0, 0.1) is 0 Å². The van der Waals surface area contributed by atoms with Crippen molar-refractivity contribution >= 4 is 35.2 Å². The van der Waals surface area contributed by atoms with Crippen molar-refractivity contribution in [2.45, 2.75) is 9.79 Å². The van der Waals surface area contributed by atoms with Crippen LogP contribution in [-0.4, -0.2) is 22.9 Å². The molecule has 3 aromatic rings. The maximum Gasteiger partial charge on any atom is 0.336 e. The summed E-state index contributed by atoms with van der Waals surface area (Å²) in [5.41, 5.74) is 0.929. The molecule has 0 radical (unpaired) electrons. The predicted molar refractivity (Wildman–Crippen MR) is 102 cm³/mol. The topological polar surface area (TPSA) is 74.7 Å². The molecule has 1 aliphatic rings. The summed E-state index contributed by atoms with van der Waals surface area (Å²) in [7, 11) is 0. The van der Waals surface area contributed by atoms with Gasteiger partial charge in [0.15, 0.2) is 0 Å². The molecule has 0 unspecified atom stereocenters. The number of carbonyl (C=O) groups excluding carboxylic acids is 2. The first kappa shape index (κ1) is 17.1. The molecule has 0 aromatic heterocycles. The lowest BCUT2D eigenvalue weighted by molar-refractivity contribution is 0.0692. The highest BCUT2D eigenvalue weighted by Crippen LogP contribution is 2.35. The Morgan fingerprint density at radius 3 is 2.00 bits per heavy atom. The average molecular weight is 375 g/mol. The monoisotopic (exact) mass is 375 g/mol. The molecular weight excluding hydrogens is 362 g/mol. The third kappa shape index (κ3) is 3.00. The zero-order valence-corrected chi connectivity index (χ0v) is 14.8. The number of carboxylic acids is 1. The molecule has 0 aliphatic carbocycles. The van der Waals surface area contributed by atoms with E-state index < -0.39 is 17.8 Å². The van der Waals surface area contributed by atoms with E-state index in [1.54, 1.807) is 36.4 Å². The van der Waals surface area contributed by atoms with Crippen LogP contribution in [0.5, 0.6) is 0 Å². The highest BCUT2D eigenvalue weighted by molar-refractivity contribution is 7.99. The van der Waals surface area contributed by atoms with Crippen LogP contribution in [0.3, 0.4) is 0 Å². The highest BCUT2D eigenvalue weighted by Gasteiger charge is 2.36. The molecule has 1 N–H and O–H groups in total. The Balaban J connectivity index is 1.73. The molecule has 4 rings (SSSR count). The summed E-state index contributed by atoms with van der Waals surface area (Å²) in [6.07, 6.45) is 0. The van der Waals surface area contributed by atoms with E-state index in [9.17, 15) is 19.5 Å². The number of anilines is 1. The van der Waals surface area contributed by atoms with E-state index >= 15 is 0 Å². The van der Waals surface area contributed by atoms with Crippen LogP contribution in [0.25, 0.3) is 0 Å². The fourth-order valence-corrected chi connectivity index (χ4v) is 3.89. The first-order valence-corrected chi connectivity index (χ1v) is 8.96. The number of nitrogens with zero attached hydrogens (tertiary/aromatic N) is 1. The lowest BCUT2D eigenvalue weighted by Crippen LogP contribution is -2.29. The molecule has 0 saturated heterocycles. The van der Waals surface area contributed by atoms with Crippen LogP contribution in [-0.2, 0) is 0 Å². The van der Waals surface area contributed by atoms with Gasteiger partial charge in [0.2, 0.25) is 0 Å². The van der Waals surface area contributed by atoms with Crippen molar-refractivity contribution in [1.82, 2.24) is 0 Å². The Labute approximate surface area is 159 Å². The first-order valence-electron chi connectivity index (χ1n) is 8.14. The van der Waals surface area contributed by atoms with Crippen molar-refractivity contribution < 1.29 is 19.5 Å². The van der Waals surface area contributed by atoms with Crippen molar-refractivity contribution in [2.24, 2.45) is 0 Å². The van der Waals surface area contributed by atoms with Gasteiger partial charge in [-0.05, 0) is 42.5 Å². The van der Waals surface area contributed by atoms with Gasteiger partial charge >= 0.3 is 5.97 Å². The quantitative estimate of drug-likeness (QED) is 0.687. The number of carbonyl (C=O) groups is 3. The van der Waals surface area contributed by atoms with Crippen molar-refractivity contribution in [3.63, 3.8) is 0 Å². The fraction of sp³-hybridized carbons (Fsp3) is 0. The maximum absolute atomic E-state index is 12.6. The van der Waals surface area contributed by atoms with Gasteiger partial charge in [-0.15, -0.1) is 0 Å².